The Balaban J connectivity index is 1.67. The van der Waals surface area contributed by atoms with Crippen molar-refractivity contribution in [2.45, 2.75) is 39.2 Å². The van der Waals surface area contributed by atoms with Crippen molar-refractivity contribution in [3.63, 3.8) is 0 Å². The molecule has 1 aliphatic rings. The Kier molecular flexibility index (Phi) is 5.62. The van der Waals surface area contributed by atoms with Gasteiger partial charge >= 0.3 is 0 Å². The van der Waals surface area contributed by atoms with Crippen LogP contribution in [-0.2, 0) is 4.79 Å². The fraction of sp³-hybridized carbons (Fsp3) is 0.588. The number of carbonyl (C=O) groups excluding carboxylic acids is 1. The Bertz CT molecular complexity index is 475. The van der Waals surface area contributed by atoms with Crippen molar-refractivity contribution >= 4 is 5.91 Å². The minimum Gasteiger partial charge on any atom is -0.494 e. The van der Waals surface area contributed by atoms with Crippen LogP contribution in [0.4, 0.5) is 0 Å². The molecule has 0 radical (unpaired) electrons. The predicted molar refractivity (Wildman–Crippen MR) is 82.3 cm³/mol. The summed E-state index contributed by atoms with van der Waals surface area (Å²) in [6.45, 7) is 5.91. The Morgan fingerprint density at radius 3 is 3.00 bits per heavy atom. The van der Waals surface area contributed by atoms with E-state index >= 15 is 0 Å². The minimum absolute atomic E-state index is 0.168. The fourth-order valence-electron chi connectivity index (χ4n) is 2.64. The van der Waals surface area contributed by atoms with E-state index in [1.165, 1.54) is 5.56 Å². The summed E-state index contributed by atoms with van der Waals surface area (Å²) in [7, 11) is 0. The van der Waals surface area contributed by atoms with Crippen LogP contribution in [0.1, 0.15) is 31.7 Å². The maximum absolute atomic E-state index is 12.1. The average Bonchev–Trinajstić information content (AvgIpc) is 2.46. The first kappa shape index (κ1) is 15.8. The van der Waals surface area contributed by atoms with Gasteiger partial charge in [-0.2, -0.15) is 0 Å². The van der Waals surface area contributed by atoms with Gasteiger partial charge in [0.1, 0.15) is 5.75 Å². The van der Waals surface area contributed by atoms with Crippen molar-refractivity contribution in [3.8, 4) is 5.75 Å². The number of ether oxygens (including phenoxy) is 1. The van der Waals surface area contributed by atoms with Gasteiger partial charge in [0.25, 0.3) is 0 Å². The number of piperidine rings is 1. The van der Waals surface area contributed by atoms with E-state index in [9.17, 15) is 9.90 Å². The lowest BCUT2D eigenvalue weighted by Gasteiger charge is -2.34. The second-order valence-electron chi connectivity index (χ2n) is 5.94. The van der Waals surface area contributed by atoms with E-state index in [0.717, 1.165) is 12.2 Å². The minimum atomic E-state index is -0.265. The molecule has 1 heterocycles. The summed E-state index contributed by atoms with van der Waals surface area (Å²) in [6.07, 6.45) is 1.65. The van der Waals surface area contributed by atoms with Crippen LogP contribution in [-0.4, -0.2) is 41.7 Å². The molecule has 1 aromatic carbocycles. The molecule has 116 valence electrons. The first-order valence-corrected chi connectivity index (χ1v) is 7.71. The third-order valence-corrected chi connectivity index (χ3v) is 4.01. The number of aliphatic hydroxyl groups is 1. The molecule has 2 atom stereocenters. The highest BCUT2D eigenvalue weighted by Gasteiger charge is 2.26. The van der Waals surface area contributed by atoms with Crippen LogP contribution >= 0.6 is 0 Å². The molecule has 1 fully saturated rings. The predicted octanol–water partition coefficient (Wildman–Crippen LogP) is 2.38. The molecule has 0 aromatic heterocycles. The van der Waals surface area contributed by atoms with Crippen molar-refractivity contribution < 1.29 is 14.6 Å². The molecule has 0 saturated carbocycles. The van der Waals surface area contributed by atoms with Crippen LogP contribution in [0.3, 0.4) is 0 Å². The zero-order chi connectivity index (χ0) is 15.2. The maximum Gasteiger partial charge on any atom is 0.222 e. The van der Waals surface area contributed by atoms with Gasteiger partial charge in [-0.05, 0) is 43.4 Å². The molecule has 2 unspecified atom stereocenters. The van der Waals surface area contributed by atoms with Crippen LogP contribution in [0.2, 0.25) is 0 Å². The maximum atomic E-state index is 12.1. The zero-order valence-electron chi connectivity index (χ0n) is 12.9. The van der Waals surface area contributed by atoms with Crippen molar-refractivity contribution in [3.05, 3.63) is 29.8 Å². The fourth-order valence-corrected chi connectivity index (χ4v) is 2.64. The molecule has 0 spiro atoms. The molecule has 0 aliphatic carbocycles. The molecule has 1 N–H and O–H groups in total. The SMILES string of the molecule is Cc1cccc(OCCCC(=O)N2CCC(O)C(C)C2)c1. The third-order valence-electron chi connectivity index (χ3n) is 4.01. The van der Waals surface area contributed by atoms with E-state index in [0.29, 0.717) is 32.5 Å². The number of amides is 1. The lowest BCUT2D eigenvalue weighted by atomic mass is 9.96. The number of aryl methyl sites for hydroxylation is 1. The molecular weight excluding hydrogens is 266 g/mol. The highest BCUT2D eigenvalue weighted by Crippen LogP contribution is 2.18. The van der Waals surface area contributed by atoms with Gasteiger partial charge in [0.15, 0.2) is 0 Å². The molecular formula is C17H25NO3. The summed E-state index contributed by atoms with van der Waals surface area (Å²) >= 11 is 0. The molecule has 1 aliphatic heterocycles. The second-order valence-corrected chi connectivity index (χ2v) is 5.94. The Hall–Kier alpha value is -1.55. The Labute approximate surface area is 126 Å². The van der Waals surface area contributed by atoms with Crippen molar-refractivity contribution in [2.75, 3.05) is 19.7 Å². The first-order chi connectivity index (χ1) is 10.1. The van der Waals surface area contributed by atoms with Gasteiger partial charge in [-0.3, -0.25) is 4.79 Å². The number of benzene rings is 1. The number of rotatable bonds is 5. The van der Waals surface area contributed by atoms with Crippen LogP contribution < -0.4 is 4.74 Å². The number of aliphatic hydroxyl groups excluding tert-OH is 1. The molecule has 2 rings (SSSR count). The van der Waals surface area contributed by atoms with Gasteiger partial charge in [-0.25, -0.2) is 0 Å². The standard InChI is InChI=1S/C17H25NO3/c1-13-5-3-6-15(11-13)21-10-4-7-17(20)18-9-8-16(19)14(2)12-18/h3,5-6,11,14,16,19H,4,7-10,12H2,1-2H3. The average molecular weight is 291 g/mol. The number of hydrogen-bond acceptors (Lipinski definition) is 3. The van der Waals surface area contributed by atoms with Gasteiger partial charge in [-0.15, -0.1) is 0 Å². The summed E-state index contributed by atoms with van der Waals surface area (Å²) in [5.74, 6) is 1.20. The summed E-state index contributed by atoms with van der Waals surface area (Å²) in [5, 5.41) is 9.68. The van der Waals surface area contributed by atoms with Crippen LogP contribution in [0, 0.1) is 12.8 Å². The normalized spacial score (nSPS) is 22.1. The van der Waals surface area contributed by atoms with Crippen molar-refractivity contribution in [1.29, 1.82) is 0 Å². The van der Waals surface area contributed by atoms with Crippen LogP contribution in [0.15, 0.2) is 24.3 Å². The lowest BCUT2D eigenvalue weighted by Crippen LogP contribution is -2.44. The van der Waals surface area contributed by atoms with Crippen LogP contribution in [0.25, 0.3) is 0 Å². The monoisotopic (exact) mass is 291 g/mol. The van der Waals surface area contributed by atoms with E-state index in [2.05, 4.69) is 0 Å². The summed E-state index contributed by atoms with van der Waals surface area (Å²) in [6, 6.07) is 7.93. The van der Waals surface area contributed by atoms with E-state index in [4.69, 9.17) is 4.74 Å². The smallest absolute Gasteiger partial charge is 0.222 e. The number of hydrogen-bond donors (Lipinski definition) is 1. The molecule has 1 saturated heterocycles. The number of carbonyl (C=O) groups is 1. The van der Waals surface area contributed by atoms with E-state index < -0.39 is 0 Å². The zero-order valence-corrected chi connectivity index (χ0v) is 12.9. The van der Waals surface area contributed by atoms with Gasteiger partial charge in [-0.1, -0.05) is 19.1 Å². The van der Waals surface area contributed by atoms with Crippen molar-refractivity contribution in [2.24, 2.45) is 5.92 Å². The van der Waals surface area contributed by atoms with E-state index in [1.54, 1.807) is 0 Å². The Morgan fingerprint density at radius 1 is 1.48 bits per heavy atom. The largest absolute Gasteiger partial charge is 0.494 e. The molecule has 0 bridgehead atoms. The summed E-state index contributed by atoms with van der Waals surface area (Å²) in [5.41, 5.74) is 1.17. The molecule has 4 heteroatoms. The Morgan fingerprint density at radius 2 is 2.29 bits per heavy atom. The molecule has 1 amide bonds. The van der Waals surface area contributed by atoms with Gasteiger partial charge in [0.2, 0.25) is 5.91 Å². The van der Waals surface area contributed by atoms with E-state index in [1.807, 2.05) is 43.0 Å². The van der Waals surface area contributed by atoms with E-state index in [-0.39, 0.29) is 17.9 Å². The summed E-state index contributed by atoms with van der Waals surface area (Å²) in [4.78, 5) is 14.0. The number of likely N-dealkylation sites (tertiary alicyclic amines) is 1. The van der Waals surface area contributed by atoms with Gasteiger partial charge in [0, 0.05) is 19.5 Å². The second kappa shape index (κ2) is 7.46. The topological polar surface area (TPSA) is 49.8 Å². The highest BCUT2D eigenvalue weighted by molar-refractivity contribution is 5.76. The van der Waals surface area contributed by atoms with Gasteiger partial charge in [0.05, 0.1) is 12.7 Å². The summed E-state index contributed by atoms with van der Waals surface area (Å²) < 4.78 is 5.65. The van der Waals surface area contributed by atoms with Crippen LogP contribution in [0.5, 0.6) is 5.75 Å². The first-order valence-electron chi connectivity index (χ1n) is 7.71. The molecule has 4 nitrogen and oxygen atoms in total. The van der Waals surface area contributed by atoms with Crippen molar-refractivity contribution in [1.82, 2.24) is 4.90 Å². The highest BCUT2D eigenvalue weighted by atomic mass is 16.5. The molecule has 1 aromatic rings. The quantitative estimate of drug-likeness (QED) is 0.847. The lowest BCUT2D eigenvalue weighted by molar-refractivity contribution is -0.134. The number of nitrogens with zero attached hydrogens (tertiary/aromatic N) is 1. The third kappa shape index (κ3) is 4.74. The van der Waals surface area contributed by atoms with Gasteiger partial charge < -0.3 is 14.7 Å². The molecule has 21 heavy (non-hydrogen) atoms.